The Kier molecular flexibility index (Phi) is 6.91. The number of rotatable bonds is 7. The highest BCUT2D eigenvalue weighted by atomic mass is 16.5. The summed E-state index contributed by atoms with van der Waals surface area (Å²) in [5, 5.41) is 11.5. The van der Waals surface area contributed by atoms with Crippen molar-refractivity contribution in [3.63, 3.8) is 0 Å². The van der Waals surface area contributed by atoms with Gasteiger partial charge in [0.25, 0.3) is 0 Å². The van der Waals surface area contributed by atoms with E-state index in [1.807, 2.05) is 0 Å². The van der Waals surface area contributed by atoms with Crippen molar-refractivity contribution >= 4 is 5.84 Å². The average Bonchev–Trinajstić information content (AvgIpc) is 2.36. The molecule has 1 saturated heterocycles. The Labute approximate surface area is 103 Å². The first-order valence-electron chi connectivity index (χ1n) is 6.25. The average molecular weight is 244 g/mol. The predicted molar refractivity (Wildman–Crippen MR) is 67.4 cm³/mol. The summed E-state index contributed by atoms with van der Waals surface area (Å²) in [6.07, 6.45) is 1.08. The van der Waals surface area contributed by atoms with Crippen LogP contribution in [0.4, 0.5) is 0 Å². The molecule has 17 heavy (non-hydrogen) atoms. The molecule has 0 saturated carbocycles. The molecule has 100 valence electrons. The van der Waals surface area contributed by atoms with E-state index >= 15 is 0 Å². The highest BCUT2D eigenvalue weighted by Gasteiger charge is 2.17. The Morgan fingerprint density at radius 3 is 2.47 bits per heavy atom. The predicted octanol–water partition coefficient (Wildman–Crippen LogP) is -0.223. The Morgan fingerprint density at radius 1 is 1.24 bits per heavy atom. The maximum Gasteiger partial charge on any atom is 0.153 e. The molecule has 1 rings (SSSR count). The third kappa shape index (κ3) is 5.86. The molecular formula is C11H24N4O2. The molecule has 3 N–H and O–H groups in total. The van der Waals surface area contributed by atoms with Crippen LogP contribution in [0.25, 0.3) is 0 Å². The molecule has 1 aliphatic heterocycles. The standard InChI is InChI=1S/C11H24N4O2/c1-2-8-17-9-7-14-3-5-15(6-4-14)10-11(12)13-16/h16H,2-10H2,1H3,(H2,12,13). The summed E-state index contributed by atoms with van der Waals surface area (Å²) in [6.45, 7) is 9.30. The van der Waals surface area contributed by atoms with E-state index in [2.05, 4.69) is 21.9 Å². The topological polar surface area (TPSA) is 74.3 Å². The van der Waals surface area contributed by atoms with E-state index in [1.54, 1.807) is 0 Å². The van der Waals surface area contributed by atoms with Crippen molar-refractivity contribution in [2.75, 3.05) is 52.5 Å². The minimum atomic E-state index is 0.282. The minimum absolute atomic E-state index is 0.282. The lowest BCUT2D eigenvalue weighted by atomic mass is 10.3. The number of nitrogens with zero attached hydrogens (tertiary/aromatic N) is 3. The summed E-state index contributed by atoms with van der Waals surface area (Å²) in [5.41, 5.74) is 5.48. The number of oxime groups is 1. The molecule has 1 fully saturated rings. The fourth-order valence-corrected chi connectivity index (χ4v) is 1.87. The zero-order valence-electron chi connectivity index (χ0n) is 10.6. The van der Waals surface area contributed by atoms with Gasteiger partial charge in [-0.15, -0.1) is 0 Å². The van der Waals surface area contributed by atoms with Gasteiger partial charge in [0.1, 0.15) is 0 Å². The van der Waals surface area contributed by atoms with Crippen LogP contribution >= 0.6 is 0 Å². The number of hydrogen-bond acceptors (Lipinski definition) is 5. The number of amidine groups is 1. The smallest absolute Gasteiger partial charge is 0.153 e. The summed E-state index contributed by atoms with van der Waals surface area (Å²) >= 11 is 0. The van der Waals surface area contributed by atoms with E-state index in [1.165, 1.54) is 0 Å². The summed E-state index contributed by atoms with van der Waals surface area (Å²) < 4.78 is 5.47. The van der Waals surface area contributed by atoms with Gasteiger partial charge in [0, 0.05) is 39.3 Å². The van der Waals surface area contributed by atoms with Crippen molar-refractivity contribution in [1.82, 2.24) is 9.80 Å². The molecule has 0 aliphatic carbocycles. The minimum Gasteiger partial charge on any atom is -0.409 e. The van der Waals surface area contributed by atoms with Crippen LogP contribution in [0, 0.1) is 0 Å². The lowest BCUT2D eigenvalue weighted by Gasteiger charge is -2.34. The van der Waals surface area contributed by atoms with Gasteiger partial charge in [-0.2, -0.15) is 0 Å². The molecule has 1 aliphatic rings. The first-order valence-corrected chi connectivity index (χ1v) is 6.25. The van der Waals surface area contributed by atoms with Gasteiger partial charge in [-0.25, -0.2) is 0 Å². The van der Waals surface area contributed by atoms with Crippen LogP contribution < -0.4 is 5.73 Å². The van der Waals surface area contributed by atoms with Crippen molar-refractivity contribution in [2.45, 2.75) is 13.3 Å². The largest absolute Gasteiger partial charge is 0.409 e. The van der Waals surface area contributed by atoms with Crippen molar-refractivity contribution in [3.05, 3.63) is 0 Å². The molecule has 6 heteroatoms. The Bertz CT molecular complexity index is 228. The van der Waals surface area contributed by atoms with Gasteiger partial charge in [0.15, 0.2) is 5.84 Å². The van der Waals surface area contributed by atoms with Gasteiger partial charge in [0.05, 0.1) is 13.2 Å². The molecule has 0 amide bonds. The van der Waals surface area contributed by atoms with Crippen LogP contribution in [0.2, 0.25) is 0 Å². The van der Waals surface area contributed by atoms with E-state index in [4.69, 9.17) is 15.7 Å². The van der Waals surface area contributed by atoms with Gasteiger partial charge < -0.3 is 15.7 Å². The first kappa shape index (κ1) is 14.2. The zero-order chi connectivity index (χ0) is 12.5. The van der Waals surface area contributed by atoms with Crippen LogP contribution in [0.15, 0.2) is 5.16 Å². The number of nitrogens with two attached hydrogens (primary N) is 1. The molecule has 0 spiro atoms. The molecule has 0 unspecified atom stereocenters. The van der Waals surface area contributed by atoms with Crippen molar-refractivity contribution in [1.29, 1.82) is 0 Å². The first-order chi connectivity index (χ1) is 8.26. The summed E-state index contributed by atoms with van der Waals surface area (Å²) in [6, 6.07) is 0. The fourth-order valence-electron chi connectivity index (χ4n) is 1.87. The van der Waals surface area contributed by atoms with Crippen LogP contribution in [0.1, 0.15) is 13.3 Å². The zero-order valence-corrected chi connectivity index (χ0v) is 10.6. The second-order valence-electron chi connectivity index (χ2n) is 4.32. The Morgan fingerprint density at radius 2 is 1.88 bits per heavy atom. The van der Waals surface area contributed by atoms with E-state index in [9.17, 15) is 0 Å². The molecule has 1 heterocycles. The SMILES string of the molecule is CCCOCCN1CCN(CC(N)=NO)CC1. The Hall–Kier alpha value is -0.850. The highest BCUT2D eigenvalue weighted by Crippen LogP contribution is 2.01. The lowest BCUT2D eigenvalue weighted by Crippen LogP contribution is -2.49. The Balaban J connectivity index is 2.09. The summed E-state index contributed by atoms with van der Waals surface area (Å²) in [7, 11) is 0. The van der Waals surface area contributed by atoms with Crippen LogP contribution in [0.5, 0.6) is 0 Å². The second kappa shape index (κ2) is 8.27. The van der Waals surface area contributed by atoms with Crippen LogP contribution in [-0.4, -0.2) is 73.3 Å². The molecular weight excluding hydrogens is 220 g/mol. The number of ether oxygens (including phenoxy) is 1. The third-order valence-corrected chi connectivity index (χ3v) is 2.88. The second-order valence-corrected chi connectivity index (χ2v) is 4.32. The molecule has 0 bridgehead atoms. The fraction of sp³-hybridized carbons (Fsp3) is 0.909. The van der Waals surface area contributed by atoms with Crippen molar-refractivity contribution in [2.24, 2.45) is 10.9 Å². The van der Waals surface area contributed by atoms with Gasteiger partial charge >= 0.3 is 0 Å². The van der Waals surface area contributed by atoms with E-state index < -0.39 is 0 Å². The molecule has 0 atom stereocenters. The van der Waals surface area contributed by atoms with E-state index in [-0.39, 0.29) is 5.84 Å². The van der Waals surface area contributed by atoms with Gasteiger partial charge in [0.2, 0.25) is 0 Å². The molecule has 0 aromatic rings. The quantitative estimate of drug-likeness (QED) is 0.213. The van der Waals surface area contributed by atoms with Gasteiger partial charge in [-0.1, -0.05) is 12.1 Å². The van der Waals surface area contributed by atoms with Crippen molar-refractivity contribution in [3.8, 4) is 0 Å². The monoisotopic (exact) mass is 244 g/mol. The summed E-state index contributed by atoms with van der Waals surface area (Å²) in [4.78, 5) is 4.58. The summed E-state index contributed by atoms with van der Waals surface area (Å²) in [5.74, 6) is 0.282. The van der Waals surface area contributed by atoms with Crippen molar-refractivity contribution < 1.29 is 9.94 Å². The lowest BCUT2D eigenvalue weighted by molar-refractivity contribution is 0.0796. The number of piperazine rings is 1. The van der Waals surface area contributed by atoms with E-state index in [0.29, 0.717) is 6.54 Å². The van der Waals surface area contributed by atoms with Gasteiger partial charge in [-0.05, 0) is 6.42 Å². The maximum absolute atomic E-state index is 8.49. The highest BCUT2D eigenvalue weighted by molar-refractivity contribution is 5.81. The van der Waals surface area contributed by atoms with Crippen LogP contribution in [0.3, 0.4) is 0 Å². The maximum atomic E-state index is 8.49. The number of hydrogen-bond donors (Lipinski definition) is 2. The van der Waals surface area contributed by atoms with Gasteiger partial charge in [-0.3, -0.25) is 9.80 Å². The van der Waals surface area contributed by atoms with E-state index in [0.717, 1.165) is 52.4 Å². The third-order valence-electron chi connectivity index (χ3n) is 2.88. The molecule has 0 aromatic carbocycles. The van der Waals surface area contributed by atoms with Crippen LogP contribution in [-0.2, 0) is 4.74 Å². The molecule has 0 radical (unpaired) electrons. The molecule has 6 nitrogen and oxygen atoms in total. The molecule has 0 aromatic heterocycles. The normalized spacial score (nSPS) is 19.7.